The zero-order valence-corrected chi connectivity index (χ0v) is 23.1. The van der Waals surface area contributed by atoms with E-state index in [2.05, 4.69) is 91.5 Å². The number of aromatic nitrogens is 1. The molecule has 1 amide bonds. The van der Waals surface area contributed by atoms with Gasteiger partial charge >= 0.3 is 0 Å². The molecular formula is C27H23I2N3O2. The van der Waals surface area contributed by atoms with Gasteiger partial charge in [-0.05, 0) is 119 Å². The molecule has 1 aromatic heterocycles. The number of aryl methyl sites for hydroxylation is 1. The lowest BCUT2D eigenvalue weighted by Crippen LogP contribution is -2.17. The summed E-state index contributed by atoms with van der Waals surface area (Å²) in [5.41, 5.74) is 8.43. The summed E-state index contributed by atoms with van der Waals surface area (Å²) >= 11 is 4.49. The molecular weight excluding hydrogens is 652 g/mol. The van der Waals surface area contributed by atoms with Crippen molar-refractivity contribution in [3.05, 3.63) is 103 Å². The van der Waals surface area contributed by atoms with Crippen molar-refractivity contribution in [1.82, 2.24) is 9.99 Å². The molecule has 172 valence electrons. The predicted octanol–water partition coefficient (Wildman–Crippen LogP) is 6.82. The molecule has 0 atom stereocenters. The Morgan fingerprint density at radius 3 is 2.32 bits per heavy atom. The van der Waals surface area contributed by atoms with Crippen LogP contribution in [-0.2, 0) is 0 Å². The Labute approximate surface area is 226 Å². The van der Waals surface area contributed by atoms with Gasteiger partial charge in [0.2, 0.25) is 0 Å². The molecule has 3 aromatic carbocycles. The lowest BCUT2D eigenvalue weighted by molar-refractivity contribution is 0.0955. The Morgan fingerprint density at radius 1 is 1.00 bits per heavy atom. The third kappa shape index (κ3) is 5.52. The van der Waals surface area contributed by atoms with E-state index in [1.54, 1.807) is 6.21 Å². The highest BCUT2D eigenvalue weighted by Gasteiger charge is 2.11. The number of carbonyl (C=O) groups is 1. The maximum Gasteiger partial charge on any atom is 0.271 e. The summed E-state index contributed by atoms with van der Waals surface area (Å²) in [6.07, 6.45) is 1.64. The Balaban J connectivity index is 1.47. The normalized spacial score (nSPS) is 11.1. The van der Waals surface area contributed by atoms with Crippen LogP contribution in [0, 0.1) is 14.1 Å². The lowest BCUT2D eigenvalue weighted by Gasteiger charge is -2.12. The maximum atomic E-state index is 12.6. The van der Waals surface area contributed by atoms with Crippen LogP contribution in [0.2, 0.25) is 0 Å². The molecule has 0 aliphatic rings. The minimum absolute atomic E-state index is 0.259. The molecule has 0 bridgehead atoms. The Kier molecular flexibility index (Phi) is 8.04. The van der Waals surface area contributed by atoms with E-state index in [0.717, 1.165) is 41.1 Å². The molecule has 34 heavy (non-hydrogen) atoms. The molecule has 0 aliphatic heterocycles. The van der Waals surface area contributed by atoms with Crippen LogP contribution < -0.4 is 10.2 Å². The molecule has 0 unspecified atom stereocenters. The summed E-state index contributed by atoms with van der Waals surface area (Å²) in [6, 6.07) is 26.0. The molecule has 0 saturated carbocycles. The van der Waals surface area contributed by atoms with Gasteiger partial charge in [0, 0.05) is 16.9 Å². The first-order valence-corrected chi connectivity index (χ1v) is 12.9. The number of hydrazone groups is 1. The van der Waals surface area contributed by atoms with Gasteiger partial charge in [-0.15, -0.1) is 0 Å². The topological polar surface area (TPSA) is 55.6 Å². The molecule has 0 aliphatic carbocycles. The standard InChI is InChI=1S/C27H23I2N3O2/c1-3-34-26-23(28)15-19(16-24(26)29)17-30-31-27(33)21-10-12-22(13-11-21)32-18(2)9-14-25(32)20-7-5-4-6-8-20/h4-17H,3H2,1-2H3,(H,31,33)/b30-17+. The van der Waals surface area contributed by atoms with Gasteiger partial charge in [-0.25, -0.2) is 5.43 Å². The van der Waals surface area contributed by atoms with E-state index in [4.69, 9.17) is 4.74 Å². The molecule has 1 N–H and O–H groups in total. The van der Waals surface area contributed by atoms with Crippen LogP contribution in [0.5, 0.6) is 5.75 Å². The van der Waals surface area contributed by atoms with Crippen LogP contribution >= 0.6 is 45.2 Å². The molecule has 0 saturated heterocycles. The number of amides is 1. The number of hydrogen-bond donors (Lipinski definition) is 1. The van der Waals surface area contributed by atoms with E-state index in [0.29, 0.717) is 12.2 Å². The van der Waals surface area contributed by atoms with E-state index >= 15 is 0 Å². The van der Waals surface area contributed by atoms with E-state index in [-0.39, 0.29) is 5.91 Å². The second-order valence-corrected chi connectivity index (χ2v) is 9.88. The quantitative estimate of drug-likeness (QED) is 0.133. The van der Waals surface area contributed by atoms with Crippen molar-refractivity contribution in [2.24, 2.45) is 5.10 Å². The number of benzene rings is 3. The van der Waals surface area contributed by atoms with Crippen molar-refractivity contribution in [3.63, 3.8) is 0 Å². The number of hydrogen-bond acceptors (Lipinski definition) is 3. The van der Waals surface area contributed by atoms with Crippen molar-refractivity contribution in [3.8, 4) is 22.7 Å². The number of rotatable bonds is 7. The molecule has 0 fully saturated rings. The number of carbonyl (C=O) groups excluding carboxylic acids is 1. The summed E-state index contributed by atoms with van der Waals surface area (Å²) in [7, 11) is 0. The van der Waals surface area contributed by atoms with Crippen LogP contribution in [0.15, 0.2) is 84.0 Å². The fraction of sp³-hybridized carbons (Fsp3) is 0.111. The summed E-state index contributed by atoms with van der Waals surface area (Å²) in [4.78, 5) is 12.6. The van der Waals surface area contributed by atoms with Crippen LogP contribution in [0.4, 0.5) is 0 Å². The Bertz CT molecular complexity index is 1310. The lowest BCUT2D eigenvalue weighted by atomic mass is 10.1. The highest BCUT2D eigenvalue weighted by molar-refractivity contribution is 14.1. The molecule has 1 heterocycles. The monoisotopic (exact) mass is 675 g/mol. The minimum Gasteiger partial charge on any atom is -0.492 e. The van der Waals surface area contributed by atoms with E-state index in [9.17, 15) is 4.79 Å². The SMILES string of the molecule is CCOc1c(I)cc(/C=N/NC(=O)c2ccc(-n3c(C)ccc3-c3ccccc3)cc2)cc1I. The first kappa shape index (κ1) is 24.5. The molecule has 7 heteroatoms. The fourth-order valence-corrected chi connectivity index (χ4v) is 5.77. The first-order chi connectivity index (χ1) is 16.5. The van der Waals surface area contributed by atoms with Crippen molar-refractivity contribution in [2.45, 2.75) is 13.8 Å². The molecule has 5 nitrogen and oxygen atoms in total. The summed E-state index contributed by atoms with van der Waals surface area (Å²) < 4.78 is 9.86. The molecule has 4 aromatic rings. The van der Waals surface area contributed by atoms with Crippen LogP contribution in [0.1, 0.15) is 28.5 Å². The van der Waals surface area contributed by atoms with Gasteiger partial charge < -0.3 is 9.30 Å². The maximum absolute atomic E-state index is 12.6. The predicted molar refractivity (Wildman–Crippen MR) is 154 cm³/mol. The Hall–Kier alpha value is -2.66. The van der Waals surface area contributed by atoms with Crippen molar-refractivity contribution in [1.29, 1.82) is 0 Å². The van der Waals surface area contributed by atoms with Gasteiger partial charge in [0.1, 0.15) is 5.75 Å². The Morgan fingerprint density at radius 2 is 1.68 bits per heavy atom. The van der Waals surface area contributed by atoms with Crippen molar-refractivity contribution < 1.29 is 9.53 Å². The highest BCUT2D eigenvalue weighted by Crippen LogP contribution is 2.29. The summed E-state index contributed by atoms with van der Waals surface area (Å²) in [6.45, 7) is 4.66. The number of nitrogens with one attached hydrogen (secondary N) is 1. The fourth-order valence-electron chi connectivity index (χ4n) is 3.64. The summed E-state index contributed by atoms with van der Waals surface area (Å²) in [5.74, 6) is 0.615. The number of halogens is 2. The van der Waals surface area contributed by atoms with Gasteiger partial charge in [-0.2, -0.15) is 5.10 Å². The average Bonchev–Trinajstić information content (AvgIpc) is 3.23. The van der Waals surface area contributed by atoms with E-state index in [1.165, 1.54) is 0 Å². The largest absolute Gasteiger partial charge is 0.492 e. The van der Waals surface area contributed by atoms with Gasteiger partial charge in [-0.1, -0.05) is 30.3 Å². The third-order valence-electron chi connectivity index (χ3n) is 5.22. The van der Waals surface area contributed by atoms with E-state index < -0.39 is 0 Å². The third-order valence-corrected chi connectivity index (χ3v) is 6.82. The molecule has 4 rings (SSSR count). The smallest absolute Gasteiger partial charge is 0.271 e. The number of nitrogens with zero attached hydrogens (tertiary/aromatic N) is 2. The van der Waals surface area contributed by atoms with Crippen LogP contribution in [0.3, 0.4) is 0 Å². The van der Waals surface area contributed by atoms with Crippen molar-refractivity contribution >= 4 is 57.3 Å². The van der Waals surface area contributed by atoms with E-state index in [1.807, 2.05) is 61.5 Å². The van der Waals surface area contributed by atoms with Gasteiger partial charge in [0.05, 0.1) is 25.7 Å². The first-order valence-electron chi connectivity index (χ1n) is 10.8. The van der Waals surface area contributed by atoms with Gasteiger partial charge in [0.15, 0.2) is 0 Å². The average molecular weight is 675 g/mol. The van der Waals surface area contributed by atoms with Crippen LogP contribution in [0.25, 0.3) is 16.9 Å². The zero-order chi connectivity index (χ0) is 24.1. The van der Waals surface area contributed by atoms with Crippen LogP contribution in [-0.4, -0.2) is 23.3 Å². The second kappa shape index (κ2) is 11.2. The van der Waals surface area contributed by atoms with Gasteiger partial charge in [-0.3, -0.25) is 4.79 Å². The second-order valence-electron chi connectivity index (χ2n) is 7.55. The zero-order valence-electron chi connectivity index (χ0n) is 18.8. The molecule has 0 spiro atoms. The molecule has 0 radical (unpaired) electrons. The number of ether oxygens (including phenoxy) is 1. The highest BCUT2D eigenvalue weighted by atomic mass is 127. The minimum atomic E-state index is -0.259. The van der Waals surface area contributed by atoms with Crippen molar-refractivity contribution in [2.75, 3.05) is 6.61 Å². The van der Waals surface area contributed by atoms with Gasteiger partial charge in [0.25, 0.3) is 5.91 Å². The summed E-state index contributed by atoms with van der Waals surface area (Å²) in [5, 5.41) is 4.14.